The molecule has 0 aliphatic rings. The Balaban J connectivity index is 1.64. The molecular formula is C38H44N6O12. The van der Waals surface area contributed by atoms with E-state index >= 15 is 0 Å². The van der Waals surface area contributed by atoms with E-state index < -0.39 is 45.2 Å². The van der Waals surface area contributed by atoms with Crippen LogP contribution < -0.4 is 41.0 Å². The van der Waals surface area contributed by atoms with Gasteiger partial charge in [-0.3, -0.25) is 29.8 Å². The molecule has 2 atom stereocenters. The van der Waals surface area contributed by atoms with Gasteiger partial charge in [-0.1, -0.05) is 24.3 Å². The number of nitrogens with one attached hydrogen (secondary N) is 2. The highest BCUT2D eigenvalue weighted by atomic mass is 16.6. The fourth-order valence-electron chi connectivity index (χ4n) is 5.55. The Bertz CT molecular complexity index is 1850. The van der Waals surface area contributed by atoms with Gasteiger partial charge in [-0.2, -0.15) is 0 Å². The van der Waals surface area contributed by atoms with Crippen LogP contribution in [0.25, 0.3) is 0 Å². The summed E-state index contributed by atoms with van der Waals surface area (Å²) in [4.78, 5) is 47.5. The molecule has 18 nitrogen and oxygen atoms in total. The number of anilines is 2. The van der Waals surface area contributed by atoms with Crippen molar-refractivity contribution in [2.75, 3.05) is 51.2 Å². The predicted molar refractivity (Wildman–Crippen MR) is 206 cm³/mol. The lowest BCUT2D eigenvalue weighted by atomic mass is 10.1. The van der Waals surface area contributed by atoms with Crippen LogP contribution >= 0.6 is 0 Å². The topological polar surface area (TPSA) is 252 Å². The number of nitrogens with two attached hydrogens (primary N) is 2. The van der Waals surface area contributed by atoms with Crippen molar-refractivity contribution < 1.29 is 47.9 Å². The second-order valence-corrected chi connectivity index (χ2v) is 12.0. The maximum atomic E-state index is 12.3. The number of benzene rings is 4. The highest BCUT2D eigenvalue weighted by Crippen LogP contribution is 2.38. The molecule has 4 aromatic rings. The van der Waals surface area contributed by atoms with Gasteiger partial charge in [0.2, 0.25) is 11.8 Å². The van der Waals surface area contributed by atoms with Crippen LogP contribution in [-0.2, 0) is 22.7 Å². The van der Waals surface area contributed by atoms with Crippen molar-refractivity contribution in [3.63, 3.8) is 0 Å². The van der Waals surface area contributed by atoms with E-state index in [0.717, 1.165) is 12.1 Å². The number of nitro groups is 2. The number of nitrogens with zero attached hydrogens (tertiary/aromatic N) is 2. The third-order valence-electron chi connectivity index (χ3n) is 8.37. The van der Waals surface area contributed by atoms with E-state index in [2.05, 4.69) is 10.6 Å². The zero-order chi connectivity index (χ0) is 40.8. The summed E-state index contributed by atoms with van der Waals surface area (Å²) >= 11 is 0. The molecule has 0 spiro atoms. The number of primary amides is 2. The molecule has 2 amide bonds. The Morgan fingerprint density at radius 2 is 1.00 bits per heavy atom. The number of ether oxygens (including phenoxy) is 6. The number of nitro benzene ring substituents is 2. The van der Waals surface area contributed by atoms with E-state index in [9.17, 15) is 29.8 Å². The van der Waals surface area contributed by atoms with Gasteiger partial charge in [-0.15, -0.1) is 0 Å². The third kappa shape index (κ3) is 11.2. The first kappa shape index (κ1) is 42.1. The lowest BCUT2D eigenvalue weighted by Crippen LogP contribution is -2.42. The predicted octanol–water partition coefficient (Wildman–Crippen LogP) is 5.21. The van der Waals surface area contributed by atoms with E-state index in [-0.39, 0.29) is 73.5 Å². The first-order valence-corrected chi connectivity index (χ1v) is 17.4. The summed E-state index contributed by atoms with van der Waals surface area (Å²) in [7, 11) is 3.06. The summed E-state index contributed by atoms with van der Waals surface area (Å²) in [6.45, 7) is 3.68. The molecule has 6 N–H and O–H groups in total. The van der Waals surface area contributed by atoms with Crippen molar-refractivity contribution in [3.8, 4) is 23.0 Å². The molecular weight excluding hydrogens is 732 g/mol. The molecule has 0 aliphatic carbocycles. The number of amides is 2. The van der Waals surface area contributed by atoms with Crippen LogP contribution in [0, 0.1) is 20.2 Å². The van der Waals surface area contributed by atoms with Gasteiger partial charge in [0.1, 0.15) is 36.9 Å². The molecule has 0 saturated heterocycles. The minimum absolute atomic E-state index is 0.0192. The molecule has 4 aromatic carbocycles. The monoisotopic (exact) mass is 776 g/mol. The second-order valence-electron chi connectivity index (χ2n) is 12.0. The van der Waals surface area contributed by atoms with E-state index in [1.165, 1.54) is 26.4 Å². The zero-order valence-electron chi connectivity index (χ0n) is 31.3. The Morgan fingerprint density at radius 3 is 1.29 bits per heavy atom. The van der Waals surface area contributed by atoms with Gasteiger partial charge in [-0.05, 0) is 61.4 Å². The summed E-state index contributed by atoms with van der Waals surface area (Å²) in [5.74, 6) is -0.583. The highest BCUT2D eigenvalue weighted by Gasteiger charge is 2.29. The lowest BCUT2D eigenvalue weighted by molar-refractivity contribution is -0.384. The molecule has 0 heterocycles. The van der Waals surface area contributed by atoms with Gasteiger partial charge in [0.15, 0.2) is 22.9 Å². The largest absolute Gasteiger partial charge is 0.497 e. The van der Waals surface area contributed by atoms with Crippen LogP contribution in [0.4, 0.5) is 22.7 Å². The van der Waals surface area contributed by atoms with Gasteiger partial charge >= 0.3 is 0 Å². The fourth-order valence-corrected chi connectivity index (χ4v) is 5.55. The van der Waals surface area contributed by atoms with Crippen molar-refractivity contribution >= 4 is 34.6 Å². The zero-order valence-corrected chi connectivity index (χ0v) is 31.3. The average Bonchev–Trinajstić information content (AvgIpc) is 3.19. The van der Waals surface area contributed by atoms with Crippen molar-refractivity contribution in [2.45, 2.75) is 39.3 Å². The maximum absolute atomic E-state index is 12.3. The molecule has 0 saturated carbocycles. The summed E-state index contributed by atoms with van der Waals surface area (Å²) in [5.41, 5.74) is 11.1. The number of methoxy groups -OCH3 is 2. The minimum Gasteiger partial charge on any atom is -0.497 e. The highest BCUT2D eigenvalue weighted by molar-refractivity contribution is 5.96. The van der Waals surface area contributed by atoms with E-state index in [0.29, 0.717) is 22.6 Å². The van der Waals surface area contributed by atoms with Gasteiger partial charge in [-0.25, -0.2) is 0 Å². The number of carbonyl (C=O) groups is 2. The van der Waals surface area contributed by atoms with Crippen molar-refractivity contribution in [1.29, 1.82) is 0 Å². The van der Waals surface area contributed by atoms with Gasteiger partial charge in [0, 0.05) is 49.6 Å². The normalized spacial score (nSPS) is 11.9. The Kier molecular flexibility index (Phi) is 15.1. The smallest absolute Gasteiger partial charge is 0.296 e. The molecule has 56 heavy (non-hydrogen) atoms. The first-order valence-electron chi connectivity index (χ1n) is 17.4. The number of carbonyl (C=O) groups excluding carboxylic acids is 2. The molecule has 0 radical (unpaired) electrons. The molecule has 0 fully saturated rings. The van der Waals surface area contributed by atoms with Crippen LogP contribution in [0.2, 0.25) is 0 Å². The summed E-state index contributed by atoms with van der Waals surface area (Å²) in [6.07, 6.45) is -1.63. The van der Waals surface area contributed by atoms with Gasteiger partial charge < -0.3 is 50.5 Å². The molecule has 18 heteroatoms. The van der Waals surface area contributed by atoms with Crippen LogP contribution in [-0.4, -0.2) is 74.4 Å². The Labute approximate surface area is 322 Å². The molecule has 4 rings (SSSR count). The Hall–Kier alpha value is -6.66. The summed E-state index contributed by atoms with van der Waals surface area (Å²) < 4.78 is 34.5. The molecule has 0 aliphatic heterocycles. The molecule has 298 valence electrons. The minimum atomic E-state index is -0.895. The van der Waals surface area contributed by atoms with Gasteiger partial charge in [0.05, 0.1) is 24.1 Å². The summed E-state index contributed by atoms with van der Waals surface area (Å²) in [5, 5.41) is 30.7. The first-order chi connectivity index (χ1) is 26.9. The lowest BCUT2D eigenvalue weighted by Gasteiger charge is -2.28. The van der Waals surface area contributed by atoms with Crippen LogP contribution in [0.1, 0.15) is 45.7 Å². The van der Waals surface area contributed by atoms with Crippen LogP contribution in [0.5, 0.6) is 23.0 Å². The quantitative estimate of drug-likeness (QED) is 0.0558. The average molecular weight is 777 g/mol. The fraction of sp³-hybridized carbons (Fsp3) is 0.316. The standard InChI is InChI=1S/C38H44N6O12/c1-5-53-33(19-41-35-29(43(47)48)15-25(37(39)45)17-31(35)55-21-23-7-11-27(51-3)12-8-23)34(54-6-2)20-42-36-30(44(49)50)16-26(38(40)46)18-32(36)56-22-24-9-13-28(52-4)14-10-24/h7-18,33-34,41-42H,5-6,19-22H2,1-4H3,(H2,39,45)(H2,40,46). The number of hydrogen-bond donors (Lipinski definition) is 4. The maximum Gasteiger partial charge on any atom is 0.296 e. The van der Waals surface area contributed by atoms with E-state index in [4.69, 9.17) is 39.9 Å². The number of rotatable bonds is 23. The van der Waals surface area contributed by atoms with Gasteiger partial charge in [0.25, 0.3) is 11.4 Å². The molecule has 0 aromatic heterocycles. The van der Waals surface area contributed by atoms with Crippen LogP contribution in [0.15, 0.2) is 72.8 Å². The molecule has 2 unspecified atom stereocenters. The van der Waals surface area contributed by atoms with Crippen molar-refractivity contribution in [1.82, 2.24) is 0 Å². The second kappa shape index (κ2) is 20.1. The SMILES string of the molecule is CCOC(CNc1c(OCc2ccc(OC)cc2)cc(C(N)=O)cc1[N+](=O)[O-])C(CNc1c(OCc2ccc(OC)cc2)cc(C(N)=O)cc1[N+](=O)[O-])OCC. The van der Waals surface area contributed by atoms with Crippen molar-refractivity contribution in [2.24, 2.45) is 11.5 Å². The molecule has 0 bridgehead atoms. The summed E-state index contributed by atoms with van der Waals surface area (Å²) in [6, 6.07) is 18.6. The van der Waals surface area contributed by atoms with E-state index in [1.807, 2.05) is 0 Å². The van der Waals surface area contributed by atoms with E-state index in [1.54, 1.807) is 62.4 Å². The number of hydrogen-bond acceptors (Lipinski definition) is 14. The van der Waals surface area contributed by atoms with Crippen molar-refractivity contribution in [3.05, 3.63) is 115 Å². The van der Waals surface area contributed by atoms with Crippen LogP contribution in [0.3, 0.4) is 0 Å². The third-order valence-corrected chi connectivity index (χ3v) is 8.37. The Morgan fingerprint density at radius 1 is 0.643 bits per heavy atom.